The summed E-state index contributed by atoms with van der Waals surface area (Å²) in [6, 6.07) is 78.8. The van der Waals surface area contributed by atoms with Crippen LogP contribution in [0.4, 0.5) is 0 Å². The molecule has 1 aliphatic rings. The zero-order valence-corrected chi connectivity index (χ0v) is 41.3. The summed E-state index contributed by atoms with van der Waals surface area (Å²) in [7, 11) is 0. The summed E-state index contributed by atoms with van der Waals surface area (Å²) in [5.41, 5.74) is 7.79. The maximum atomic E-state index is 6.55. The lowest BCUT2D eigenvalue weighted by Crippen LogP contribution is -2.45. The maximum Gasteiger partial charge on any atom is 0.119 e. The molecule has 1 fully saturated rings. The standard InChI is InChI=1S/C66H64N4O2/c1-3-15-51(16-4-1)45-67-35-39-69(47-53-27-31-59(32-28-53)71-49-65-61-23-11-7-19-55(61)43-56-20-8-12-24-62(56)65)41-37-68(46-52-17-5-2-6-18-52)38-42-70(40-36-67)48-54-29-33-60(34-30-54)72-50-66-63-25-13-9-21-57(63)44-58-22-10-14-26-64(58)66/h1-34,43-44H,35-42,45-50H2. The van der Waals surface area contributed by atoms with Crippen molar-refractivity contribution >= 4 is 43.1 Å². The molecule has 0 unspecified atom stereocenters. The summed E-state index contributed by atoms with van der Waals surface area (Å²) in [6.45, 7) is 12.5. The minimum Gasteiger partial charge on any atom is -0.489 e. The predicted molar refractivity (Wildman–Crippen MR) is 298 cm³/mol. The lowest BCUT2D eigenvalue weighted by atomic mass is 9.97. The molecule has 1 aliphatic heterocycles. The number of hydrogen-bond acceptors (Lipinski definition) is 6. The third-order valence-electron chi connectivity index (χ3n) is 14.6. The van der Waals surface area contributed by atoms with Gasteiger partial charge in [-0.1, -0.05) is 182 Å². The molecular formula is C66H64N4O2. The molecule has 0 aliphatic carbocycles. The van der Waals surface area contributed by atoms with Crippen molar-refractivity contribution in [3.05, 3.63) is 252 Å². The van der Waals surface area contributed by atoms with Crippen molar-refractivity contribution in [3.8, 4) is 11.5 Å². The van der Waals surface area contributed by atoms with Crippen molar-refractivity contribution in [2.24, 2.45) is 0 Å². The normalized spacial score (nSPS) is 14.9. The first-order chi connectivity index (χ1) is 35.6. The van der Waals surface area contributed by atoms with E-state index in [4.69, 9.17) is 9.47 Å². The fraction of sp³-hybridized carbons (Fsp3) is 0.212. The minimum atomic E-state index is 0.520. The number of rotatable bonds is 14. The molecule has 6 nitrogen and oxygen atoms in total. The highest BCUT2D eigenvalue weighted by Gasteiger charge is 2.19. The third kappa shape index (κ3) is 11.7. The van der Waals surface area contributed by atoms with Crippen LogP contribution in [0.2, 0.25) is 0 Å². The molecule has 0 saturated carbocycles. The van der Waals surface area contributed by atoms with Crippen molar-refractivity contribution in [2.75, 3.05) is 52.4 Å². The van der Waals surface area contributed by atoms with E-state index in [1.165, 1.54) is 76.5 Å². The van der Waals surface area contributed by atoms with E-state index in [1.54, 1.807) is 0 Å². The van der Waals surface area contributed by atoms with E-state index in [0.717, 1.165) is 90.0 Å². The van der Waals surface area contributed by atoms with Gasteiger partial charge in [-0.15, -0.1) is 0 Å². The van der Waals surface area contributed by atoms with Gasteiger partial charge in [0, 0.05) is 89.7 Å². The van der Waals surface area contributed by atoms with Crippen LogP contribution in [0, 0.1) is 0 Å². The Morgan fingerprint density at radius 3 is 0.806 bits per heavy atom. The molecular weight excluding hydrogens is 881 g/mol. The highest BCUT2D eigenvalue weighted by molar-refractivity contribution is 6.03. The van der Waals surface area contributed by atoms with Gasteiger partial charge >= 0.3 is 0 Å². The molecule has 0 amide bonds. The van der Waals surface area contributed by atoms with E-state index in [-0.39, 0.29) is 0 Å². The van der Waals surface area contributed by atoms with Crippen molar-refractivity contribution in [1.82, 2.24) is 19.6 Å². The minimum absolute atomic E-state index is 0.520. The van der Waals surface area contributed by atoms with Crippen LogP contribution >= 0.6 is 0 Å². The number of fused-ring (bicyclic) bond motifs is 4. The van der Waals surface area contributed by atoms with Gasteiger partial charge < -0.3 is 9.47 Å². The number of hydrogen-bond donors (Lipinski definition) is 0. The Kier molecular flexibility index (Phi) is 14.9. The summed E-state index contributed by atoms with van der Waals surface area (Å²) in [5.74, 6) is 1.79. The largest absolute Gasteiger partial charge is 0.489 e. The van der Waals surface area contributed by atoms with Crippen LogP contribution in [0.5, 0.6) is 11.5 Å². The van der Waals surface area contributed by atoms with Crippen LogP contribution in [0.15, 0.2) is 218 Å². The van der Waals surface area contributed by atoms with Gasteiger partial charge in [0.2, 0.25) is 0 Å². The second-order valence-corrected chi connectivity index (χ2v) is 19.5. The zero-order valence-electron chi connectivity index (χ0n) is 41.3. The SMILES string of the molecule is c1ccc(CN2CCN(Cc3ccc(OCc4c5ccccc5cc5ccccc45)cc3)CCN(Cc3ccccc3)CCN(Cc3ccc(OCc4c5ccccc5cc5ccccc45)cc3)CC2)cc1. The van der Waals surface area contributed by atoms with Gasteiger partial charge in [0.25, 0.3) is 0 Å². The van der Waals surface area contributed by atoms with Crippen LogP contribution < -0.4 is 9.47 Å². The van der Waals surface area contributed by atoms with Crippen LogP contribution in [0.25, 0.3) is 43.1 Å². The fourth-order valence-electron chi connectivity index (χ4n) is 10.6. The van der Waals surface area contributed by atoms with E-state index < -0.39 is 0 Å². The molecule has 0 spiro atoms. The Labute approximate surface area is 425 Å². The van der Waals surface area contributed by atoms with Crippen LogP contribution in [-0.4, -0.2) is 72.0 Å². The van der Waals surface area contributed by atoms with Gasteiger partial charge in [-0.25, -0.2) is 0 Å². The van der Waals surface area contributed by atoms with E-state index >= 15 is 0 Å². The summed E-state index contributed by atoms with van der Waals surface area (Å²) in [4.78, 5) is 10.7. The van der Waals surface area contributed by atoms with E-state index in [2.05, 4.69) is 238 Å². The molecule has 1 heterocycles. The Hall–Kier alpha value is -7.32. The summed E-state index contributed by atoms with van der Waals surface area (Å²) in [6.07, 6.45) is 0. The van der Waals surface area contributed by atoms with Crippen molar-refractivity contribution in [2.45, 2.75) is 39.4 Å². The smallest absolute Gasteiger partial charge is 0.119 e. The van der Waals surface area contributed by atoms with E-state index in [1.807, 2.05) is 0 Å². The van der Waals surface area contributed by atoms with Gasteiger partial charge in [0.1, 0.15) is 24.7 Å². The van der Waals surface area contributed by atoms with Crippen molar-refractivity contribution in [1.29, 1.82) is 0 Å². The van der Waals surface area contributed by atoms with Gasteiger partial charge in [0.15, 0.2) is 0 Å². The third-order valence-corrected chi connectivity index (χ3v) is 14.6. The average Bonchev–Trinajstić information content (AvgIpc) is 3.43. The zero-order chi connectivity index (χ0) is 48.3. The van der Waals surface area contributed by atoms with Crippen LogP contribution in [-0.2, 0) is 39.4 Å². The Bertz CT molecular complexity index is 2990. The predicted octanol–water partition coefficient (Wildman–Crippen LogP) is 13.8. The van der Waals surface area contributed by atoms with Crippen LogP contribution in [0.1, 0.15) is 33.4 Å². The number of nitrogens with zero attached hydrogens (tertiary/aromatic N) is 4. The second-order valence-electron chi connectivity index (χ2n) is 19.5. The molecule has 0 radical (unpaired) electrons. The molecule has 0 aromatic heterocycles. The molecule has 360 valence electrons. The first-order valence-electron chi connectivity index (χ1n) is 25.8. The highest BCUT2D eigenvalue weighted by Crippen LogP contribution is 2.32. The quantitative estimate of drug-likeness (QED) is 0.101. The van der Waals surface area contributed by atoms with E-state index in [0.29, 0.717) is 13.2 Å². The average molecular weight is 945 g/mol. The summed E-state index contributed by atoms with van der Waals surface area (Å²) >= 11 is 0. The first kappa shape index (κ1) is 47.0. The molecule has 10 aromatic carbocycles. The number of ether oxygens (including phenoxy) is 2. The van der Waals surface area contributed by atoms with Gasteiger partial charge in [-0.2, -0.15) is 0 Å². The maximum absolute atomic E-state index is 6.55. The van der Waals surface area contributed by atoms with E-state index in [9.17, 15) is 0 Å². The molecule has 10 aromatic rings. The highest BCUT2D eigenvalue weighted by atomic mass is 16.5. The van der Waals surface area contributed by atoms with Gasteiger partial charge in [0.05, 0.1) is 0 Å². The number of benzene rings is 10. The van der Waals surface area contributed by atoms with Crippen molar-refractivity contribution in [3.63, 3.8) is 0 Å². The molecule has 72 heavy (non-hydrogen) atoms. The van der Waals surface area contributed by atoms with Crippen LogP contribution in [0.3, 0.4) is 0 Å². The summed E-state index contributed by atoms with van der Waals surface area (Å²) < 4.78 is 13.1. The molecule has 6 heteroatoms. The molecule has 0 atom stereocenters. The Morgan fingerprint density at radius 2 is 0.514 bits per heavy atom. The molecule has 0 bridgehead atoms. The first-order valence-corrected chi connectivity index (χ1v) is 25.8. The molecule has 0 N–H and O–H groups in total. The molecule has 1 saturated heterocycles. The van der Waals surface area contributed by atoms with Gasteiger partial charge in [-0.05, 0) is 102 Å². The monoisotopic (exact) mass is 945 g/mol. The lowest BCUT2D eigenvalue weighted by molar-refractivity contribution is 0.122. The fourth-order valence-corrected chi connectivity index (χ4v) is 10.6. The Morgan fingerprint density at radius 1 is 0.264 bits per heavy atom. The lowest BCUT2D eigenvalue weighted by Gasteiger charge is -2.34. The molecule has 11 rings (SSSR count). The van der Waals surface area contributed by atoms with Crippen molar-refractivity contribution < 1.29 is 9.47 Å². The Balaban J connectivity index is 0.780. The second kappa shape index (κ2) is 22.8. The van der Waals surface area contributed by atoms with Gasteiger partial charge in [-0.3, -0.25) is 19.6 Å². The summed E-state index contributed by atoms with van der Waals surface area (Å²) in [5, 5.41) is 9.97. The topological polar surface area (TPSA) is 31.4 Å².